The molecule has 2 N–H and O–H groups in total. The van der Waals surface area contributed by atoms with Crippen LogP contribution in [0.15, 0.2) is 36.4 Å². The van der Waals surface area contributed by atoms with E-state index < -0.39 is 17.8 Å². The van der Waals surface area contributed by atoms with Crippen molar-refractivity contribution < 1.29 is 14.7 Å². The van der Waals surface area contributed by atoms with Crippen molar-refractivity contribution in [3.05, 3.63) is 36.4 Å². The summed E-state index contributed by atoms with van der Waals surface area (Å²) in [4.78, 5) is 28.4. The Balaban J connectivity index is 1.59. The highest BCUT2D eigenvalue weighted by molar-refractivity contribution is 7.22. The molecule has 0 aliphatic heterocycles. The lowest BCUT2D eigenvalue weighted by Crippen LogP contribution is -2.36. The summed E-state index contributed by atoms with van der Waals surface area (Å²) in [5.41, 5.74) is 0.838. The number of fused-ring (bicyclic) bond motifs is 3. The number of thiazole rings is 1. The number of carbonyl (C=O) groups is 2. The molecule has 4 rings (SSSR count). The zero-order valence-corrected chi connectivity index (χ0v) is 12.4. The van der Waals surface area contributed by atoms with Gasteiger partial charge in [-0.2, -0.15) is 0 Å². The predicted octanol–water partition coefficient (Wildman–Crippen LogP) is 2.76. The van der Waals surface area contributed by atoms with Crippen molar-refractivity contribution >= 4 is 38.6 Å². The van der Waals surface area contributed by atoms with E-state index in [9.17, 15) is 14.7 Å². The lowest BCUT2D eigenvalue weighted by atomic mass is 9.82. The number of carboxylic acid groups (broad SMARTS) is 1. The highest BCUT2D eigenvalue weighted by Gasteiger charge is 2.51. The molecule has 0 radical (unpaired) electrons. The molecule has 1 heterocycles. The fraction of sp³-hybridized carbons (Fsp3) is 0.312. The highest BCUT2D eigenvalue weighted by Crippen LogP contribution is 2.48. The molecule has 0 unspecified atom stereocenters. The molecule has 112 valence electrons. The highest BCUT2D eigenvalue weighted by atomic mass is 32.1. The van der Waals surface area contributed by atoms with Crippen LogP contribution in [0.1, 0.15) is 6.42 Å². The second-order valence-electron chi connectivity index (χ2n) is 5.81. The Morgan fingerprint density at radius 1 is 1.18 bits per heavy atom. The molecule has 2 aliphatic rings. The number of nitrogens with zero attached hydrogens (tertiary/aromatic N) is 1. The van der Waals surface area contributed by atoms with Gasteiger partial charge in [-0.3, -0.25) is 9.59 Å². The van der Waals surface area contributed by atoms with Crippen molar-refractivity contribution in [1.82, 2.24) is 4.98 Å². The van der Waals surface area contributed by atoms with Crippen LogP contribution in [-0.2, 0) is 9.59 Å². The van der Waals surface area contributed by atoms with E-state index in [1.807, 2.05) is 36.4 Å². The third-order valence-corrected chi connectivity index (χ3v) is 5.52. The summed E-state index contributed by atoms with van der Waals surface area (Å²) in [5.74, 6) is -2.23. The second kappa shape index (κ2) is 4.91. The SMILES string of the molecule is O=C(Nc1nc2ccccc2s1)[C@@H]1[C@H](C(=O)O)[C@H]2C=C[C@@H]1C2. The van der Waals surface area contributed by atoms with E-state index in [-0.39, 0.29) is 17.7 Å². The first-order valence-corrected chi connectivity index (χ1v) is 8.03. The van der Waals surface area contributed by atoms with Gasteiger partial charge in [0.05, 0.1) is 22.1 Å². The number of rotatable bonds is 3. The number of aromatic nitrogens is 1. The molecule has 2 bridgehead atoms. The zero-order valence-electron chi connectivity index (χ0n) is 11.6. The largest absolute Gasteiger partial charge is 0.481 e. The summed E-state index contributed by atoms with van der Waals surface area (Å²) in [5, 5.41) is 12.8. The Labute approximate surface area is 130 Å². The van der Waals surface area contributed by atoms with Gasteiger partial charge in [-0.25, -0.2) is 4.98 Å². The minimum Gasteiger partial charge on any atom is -0.481 e. The number of nitrogens with one attached hydrogen (secondary N) is 1. The second-order valence-corrected chi connectivity index (χ2v) is 6.84. The number of carbonyl (C=O) groups excluding carboxylic acids is 1. The van der Waals surface area contributed by atoms with E-state index in [0.29, 0.717) is 5.13 Å². The van der Waals surface area contributed by atoms with E-state index in [2.05, 4.69) is 10.3 Å². The van der Waals surface area contributed by atoms with E-state index in [4.69, 9.17) is 0 Å². The average molecular weight is 314 g/mol. The monoisotopic (exact) mass is 314 g/mol. The fourth-order valence-electron chi connectivity index (χ4n) is 3.63. The van der Waals surface area contributed by atoms with Crippen LogP contribution < -0.4 is 5.32 Å². The van der Waals surface area contributed by atoms with Crippen LogP contribution in [0.2, 0.25) is 0 Å². The van der Waals surface area contributed by atoms with Crippen molar-refractivity contribution in [1.29, 1.82) is 0 Å². The van der Waals surface area contributed by atoms with Crippen LogP contribution in [-0.4, -0.2) is 22.0 Å². The standard InChI is InChI=1S/C16H14N2O3S/c19-14(12-8-5-6-9(7-8)13(12)15(20)21)18-16-17-10-3-1-2-4-11(10)22-16/h1-6,8-9,12-13H,7H2,(H,20,21)(H,17,18,19)/t8-,9+,12+,13-/m1/s1. The quantitative estimate of drug-likeness (QED) is 0.854. The maximum atomic E-state index is 12.6. The molecule has 0 spiro atoms. The first-order valence-electron chi connectivity index (χ1n) is 7.21. The summed E-state index contributed by atoms with van der Waals surface area (Å²) in [6.45, 7) is 0. The molecule has 5 nitrogen and oxygen atoms in total. The van der Waals surface area contributed by atoms with Gasteiger partial charge in [-0.05, 0) is 30.4 Å². The summed E-state index contributed by atoms with van der Waals surface area (Å²) in [6.07, 6.45) is 4.67. The Morgan fingerprint density at radius 2 is 1.91 bits per heavy atom. The molecule has 1 amide bonds. The molecule has 1 aromatic carbocycles. The van der Waals surface area contributed by atoms with E-state index in [0.717, 1.165) is 16.6 Å². The Kier molecular flexibility index (Phi) is 3.00. The number of hydrogen-bond acceptors (Lipinski definition) is 4. The van der Waals surface area contributed by atoms with Gasteiger partial charge < -0.3 is 10.4 Å². The van der Waals surface area contributed by atoms with Gasteiger partial charge in [-0.15, -0.1) is 0 Å². The fourth-order valence-corrected chi connectivity index (χ4v) is 4.50. The van der Waals surface area contributed by atoms with Crippen LogP contribution in [0.3, 0.4) is 0 Å². The number of para-hydroxylation sites is 1. The number of benzene rings is 1. The smallest absolute Gasteiger partial charge is 0.307 e. The summed E-state index contributed by atoms with van der Waals surface area (Å²) >= 11 is 1.41. The number of allylic oxidation sites excluding steroid dienone is 2. The van der Waals surface area contributed by atoms with Crippen LogP contribution >= 0.6 is 11.3 Å². The minimum absolute atomic E-state index is 0.0198. The van der Waals surface area contributed by atoms with Crippen molar-refractivity contribution in [3.8, 4) is 0 Å². The van der Waals surface area contributed by atoms with Gasteiger partial charge in [0.2, 0.25) is 5.91 Å². The van der Waals surface area contributed by atoms with Crippen LogP contribution in [0.25, 0.3) is 10.2 Å². The molecular formula is C16H14N2O3S. The van der Waals surface area contributed by atoms with Crippen molar-refractivity contribution in [2.24, 2.45) is 23.7 Å². The van der Waals surface area contributed by atoms with Gasteiger partial charge in [0.15, 0.2) is 5.13 Å². The van der Waals surface area contributed by atoms with Gasteiger partial charge in [0.1, 0.15) is 0 Å². The number of aliphatic carboxylic acids is 1. The van der Waals surface area contributed by atoms with E-state index >= 15 is 0 Å². The van der Waals surface area contributed by atoms with Gasteiger partial charge >= 0.3 is 5.97 Å². The molecule has 0 saturated heterocycles. The molecule has 1 aromatic heterocycles. The van der Waals surface area contributed by atoms with Crippen molar-refractivity contribution in [3.63, 3.8) is 0 Å². The molecule has 1 fully saturated rings. The van der Waals surface area contributed by atoms with Crippen LogP contribution in [0.5, 0.6) is 0 Å². The molecule has 6 heteroatoms. The number of hydrogen-bond donors (Lipinski definition) is 2. The Bertz CT molecular complexity index is 765. The normalized spacial score (nSPS) is 29.1. The third kappa shape index (κ3) is 2.02. The lowest BCUT2D eigenvalue weighted by molar-refractivity contribution is -0.146. The summed E-state index contributed by atoms with van der Waals surface area (Å²) < 4.78 is 1.00. The zero-order chi connectivity index (χ0) is 15.3. The molecular weight excluding hydrogens is 300 g/mol. The maximum Gasteiger partial charge on any atom is 0.307 e. The number of anilines is 1. The maximum absolute atomic E-state index is 12.6. The molecule has 2 aliphatic carbocycles. The first kappa shape index (κ1) is 13.5. The summed E-state index contributed by atoms with van der Waals surface area (Å²) in [6, 6.07) is 7.66. The van der Waals surface area contributed by atoms with Crippen molar-refractivity contribution in [2.45, 2.75) is 6.42 Å². The van der Waals surface area contributed by atoms with Gasteiger partial charge in [-0.1, -0.05) is 35.6 Å². The Morgan fingerprint density at radius 3 is 2.64 bits per heavy atom. The first-order chi connectivity index (χ1) is 10.6. The van der Waals surface area contributed by atoms with E-state index in [1.165, 1.54) is 11.3 Å². The molecule has 2 aromatic rings. The topological polar surface area (TPSA) is 79.3 Å². The summed E-state index contributed by atoms with van der Waals surface area (Å²) in [7, 11) is 0. The Hall–Kier alpha value is -2.21. The van der Waals surface area contributed by atoms with Gasteiger partial charge in [0.25, 0.3) is 0 Å². The third-order valence-electron chi connectivity index (χ3n) is 4.57. The number of carboxylic acids is 1. The molecule has 1 saturated carbocycles. The van der Waals surface area contributed by atoms with E-state index in [1.54, 1.807) is 0 Å². The van der Waals surface area contributed by atoms with Gasteiger partial charge in [0, 0.05) is 0 Å². The van der Waals surface area contributed by atoms with Crippen LogP contribution in [0, 0.1) is 23.7 Å². The molecule has 4 atom stereocenters. The van der Waals surface area contributed by atoms with Crippen LogP contribution in [0.4, 0.5) is 5.13 Å². The average Bonchev–Trinajstić information content (AvgIpc) is 3.19. The minimum atomic E-state index is -0.888. The van der Waals surface area contributed by atoms with Crippen molar-refractivity contribution in [2.75, 3.05) is 5.32 Å². The lowest BCUT2D eigenvalue weighted by Gasteiger charge is -2.23. The predicted molar refractivity (Wildman–Crippen MR) is 83.6 cm³/mol. The number of amides is 1. The molecule has 22 heavy (non-hydrogen) atoms.